The number of hydrogen-bond donors (Lipinski definition) is 1. The van der Waals surface area contributed by atoms with E-state index >= 15 is 0 Å². The molecule has 0 radical (unpaired) electrons. The molecule has 0 unspecified atom stereocenters. The average molecular weight is 160 g/mol. The molecule has 6 heteroatoms. The summed E-state index contributed by atoms with van der Waals surface area (Å²) in [6.45, 7) is 1.59. The number of ether oxygens (including phenoxy) is 1. The van der Waals surface area contributed by atoms with Gasteiger partial charge in [0.1, 0.15) is 6.10 Å². The third-order valence-corrected chi connectivity index (χ3v) is 2.19. The van der Waals surface area contributed by atoms with Crippen LogP contribution in [0, 0.1) is 0 Å². The molecule has 0 aliphatic carbocycles. The van der Waals surface area contributed by atoms with E-state index in [2.05, 4.69) is 4.74 Å². The maximum absolute atomic E-state index is 10.1. The van der Waals surface area contributed by atoms with E-state index in [9.17, 15) is 9.79 Å². The summed E-state index contributed by atoms with van der Waals surface area (Å²) in [7, 11) is -4.15. The quantitative estimate of drug-likeness (QED) is 0.237. The molecule has 0 bridgehead atoms. The Kier molecular flexibility index (Phi) is 3.55. The second-order valence-electron chi connectivity index (χ2n) is 1.80. The molecule has 0 aromatic heterocycles. The zero-order chi connectivity index (χ0) is 6.36. The molecule has 1 aliphatic heterocycles. The van der Waals surface area contributed by atoms with Gasteiger partial charge in [-0.1, -0.05) is 0 Å². The van der Waals surface area contributed by atoms with Crippen molar-refractivity contribution in [2.24, 2.45) is 0 Å². The van der Waals surface area contributed by atoms with E-state index in [-0.39, 0.29) is 35.7 Å². The van der Waals surface area contributed by atoms with Gasteiger partial charge in [0.05, 0.1) is 7.94 Å². The molecular weight excluding hydrogens is 154 g/mol. The number of epoxide rings is 1. The van der Waals surface area contributed by atoms with Crippen molar-refractivity contribution in [2.45, 2.75) is 18.9 Å². The minimum Gasteiger partial charge on any atom is -0.657 e. The Hall–Kier alpha value is 1.27. The van der Waals surface area contributed by atoms with Crippen molar-refractivity contribution in [3.05, 3.63) is 0 Å². The Morgan fingerprint density at radius 1 is 1.56 bits per heavy atom. The van der Waals surface area contributed by atoms with Crippen molar-refractivity contribution >= 4 is 7.94 Å². The minimum atomic E-state index is -4.15. The fourth-order valence-corrected chi connectivity index (χ4v) is 1.39. The van der Waals surface area contributed by atoms with E-state index < -0.39 is 13.8 Å². The molecule has 1 heterocycles. The molecule has 0 amide bonds. The van der Waals surface area contributed by atoms with Gasteiger partial charge >= 0.3 is 29.6 Å². The Morgan fingerprint density at radius 2 is 1.89 bits per heavy atom. The van der Waals surface area contributed by atoms with Gasteiger partial charge in [-0.15, -0.1) is 0 Å². The van der Waals surface area contributed by atoms with E-state index in [0.29, 0.717) is 0 Å². The molecule has 0 aromatic rings. The maximum Gasteiger partial charge on any atom is 1.00 e. The summed E-state index contributed by atoms with van der Waals surface area (Å²) < 4.78 is 4.46. The zero-order valence-electron chi connectivity index (χ0n) is 5.27. The predicted octanol–water partition coefficient (Wildman–Crippen LogP) is -4.79. The fourth-order valence-electron chi connectivity index (χ4n) is 0.517. The van der Waals surface area contributed by atoms with Crippen LogP contribution in [0.15, 0.2) is 0 Å². The molecular formula is C3H6NaO4P. The van der Waals surface area contributed by atoms with Crippen molar-refractivity contribution in [1.82, 2.24) is 0 Å². The van der Waals surface area contributed by atoms with Gasteiger partial charge in [-0.05, 0) is 6.92 Å². The van der Waals surface area contributed by atoms with Gasteiger partial charge in [0, 0.05) is 0 Å². The molecule has 1 saturated heterocycles. The molecule has 1 aliphatic rings. The van der Waals surface area contributed by atoms with Crippen molar-refractivity contribution in [3.8, 4) is 0 Å². The van der Waals surface area contributed by atoms with Crippen LogP contribution in [0.1, 0.15) is 6.92 Å². The molecule has 48 valence electrons. The predicted molar refractivity (Wildman–Crippen MR) is 23.5 cm³/mol. The second-order valence-corrected chi connectivity index (χ2v) is 3.43. The van der Waals surface area contributed by atoms with Gasteiger partial charge in [-0.3, -0.25) is 4.89 Å². The van der Waals surface area contributed by atoms with Crippen molar-refractivity contribution in [2.75, 3.05) is 0 Å². The third-order valence-electron chi connectivity index (χ3n) is 1.00. The van der Waals surface area contributed by atoms with Crippen LogP contribution in [-0.2, 0) is 4.74 Å². The Balaban J connectivity index is 0.000000640. The van der Waals surface area contributed by atoms with Crippen LogP contribution >= 0.6 is 7.94 Å². The summed E-state index contributed by atoms with van der Waals surface area (Å²) >= 11 is 0. The Morgan fingerprint density at radius 3 is 1.89 bits per heavy atom. The van der Waals surface area contributed by atoms with E-state index in [1.807, 2.05) is 0 Å². The largest absolute Gasteiger partial charge is 1.00 e. The summed E-state index contributed by atoms with van der Waals surface area (Å²) in [5.74, 6) is -0.928. The standard InChI is InChI=1S/C3H7O4P.Na/c1-2-3(7-2)8(4,5)6;/h2-3H,1H3,(H2,4,5,6);/q;+1/p-1/t2-,3+;/m1./s1. The van der Waals surface area contributed by atoms with E-state index in [1.54, 1.807) is 6.92 Å². The van der Waals surface area contributed by atoms with Crippen molar-refractivity contribution in [1.29, 1.82) is 0 Å². The van der Waals surface area contributed by atoms with E-state index in [0.717, 1.165) is 0 Å². The Bertz CT molecular complexity index is 102. The van der Waals surface area contributed by atoms with Crippen molar-refractivity contribution < 1.29 is 49.0 Å². The average Bonchev–Trinajstić information content (AvgIpc) is 2.13. The first kappa shape index (κ1) is 10.3. The summed E-state index contributed by atoms with van der Waals surface area (Å²) in [5, 5.41) is 0. The first-order chi connectivity index (χ1) is 3.52. The normalized spacial score (nSPS) is 33.3. The molecule has 1 fully saturated rings. The van der Waals surface area contributed by atoms with Gasteiger partial charge in [0.2, 0.25) is 5.85 Å². The summed E-state index contributed by atoms with van der Waals surface area (Å²) in [5.41, 5.74) is 0. The molecule has 0 spiro atoms. The zero-order valence-corrected chi connectivity index (χ0v) is 8.17. The van der Waals surface area contributed by atoms with Gasteiger partial charge in [-0.25, -0.2) is 0 Å². The van der Waals surface area contributed by atoms with Crippen LogP contribution in [0.5, 0.6) is 0 Å². The topological polar surface area (TPSA) is 78.9 Å². The smallest absolute Gasteiger partial charge is 0.657 e. The monoisotopic (exact) mass is 160 g/mol. The summed E-state index contributed by atoms with van der Waals surface area (Å²) in [6.07, 6.45) is -0.316. The first-order valence-electron chi connectivity index (χ1n) is 2.21. The van der Waals surface area contributed by atoms with Crippen LogP contribution in [0.25, 0.3) is 0 Å². The van der Waals surface area contributed by atoms with Gasteiger partial charge < -0.3 is 14.5 Å². The molecule has 9 heavy (non-hydrogen) atoms. The van der Waals surface area contributed by atoms with E-state index in [1.165, 1.54) is 0 Å². The van der Waals surface area contributed by atoms with Crippen LogP contribution in [0.4, 0.5) is 0 Å². The van der Waals surface area contributed by atoms with Gasteiger partial charge in [0.25, 0.3) is 0 Å². The maximum atomic E-state index is 10.1. The van der Waals surface area contributed by atoms with Gasteiger partial charge in [0.15, 0.2) is 0 Å². The molecule has 0 aromatic carbocycles. The fraction of sp³-hybridized carbons (Fsp3) is 1.00. The summed E-state index contributed by atoms with van der Waals surface area (Å²) in [4.78, 5) is 28.3. The number of hydrogen-bond acceptors (Lipinski definition) is 4. The Labute approximate surface area is 75.7 Å². The van der Waals surface area contributed by atoms with Crippen molar-refractivity contribution in [3.63, 3.8) is 0 Å². The molecule has 4 nitrogen and oxygen atoms in total. The molecule has 1 rings (SSSR count). The molecule has 2 atom stereocenters. The molecule has 1 N–H and O–H groups in total. The molecule has 0 saturated carbocycles. The van der Waals surface area contributed by atoms with E-state index in [4.69, 9.17) is 4.89 Å². The van der Waals surface area contributed by atoms with Crippen LogP contribution in [0.3, 0.4) is 0 Å². The first-order valence-corrected chi connectivity index (χ1v) is 3.85. The SMILES string of the molecule is C[C@H]1O[C@H]1[P+]([O-])([O-])O.[Na+]. The summed E-state index contributed by atoms with van der Waals surface area (Å²) in [6, 6.07) is 0. The second kappa shape index (κ2) is 3.11. The minimum absolute atomic E-state index is 0. The van der Waals surface area contributed by atoms with Gasteiger partial charge in [-0.2, -0.15) is 0 Å². The van der Waals surface area contributed by atoms with Crippen LogP contribution < -0.4 is 39.3 Å². The third kappa shape index (κ3) is 2.78. The van der Waals surface area contributed by atoms with Crippen LogP contribution in [0.2, 0.25) is 0 Å². The number of rotatable bonds is 1. The van der Waals surface area contributed by atoms with Crippen LogP contribution in [-0.4, -0.2) is 16.8 Å².